The third-order valence-corrected chi connectivity index (χ3v) is 3.10. The molecule has 0 radical (unpaired) electrons. The molecule has 20 heavy (non-hydrogen) atoms. The molecule has 0 aliphatic rings. The Morgan fingerprint density at radius 2 is 1.90 bits per heavy atom. The molecule has 1 aromatic carbocycles. The molecule has 104 valence electrons. The summed E-state index contributed by atoms with van der Waals surface area (Å²) in [4.78, 5) is 18.5. The third kappa shape index (κ3) is 2.51. The Kier molecular flexibility index (Phi) is 3.79. The zero-order chi connectivity index (χ0) is 14.7. The first-order valence-electron chi connectivity index (χ1n) is 6.05. The van der Waals surface area contributed by atoms with Crippen molar-refractivity contribution in [2.24, 2.45) is 0 Å². The second-order valence-corrected chi connectivity index (χ2v) is 4.30. The number of hydrogen-bond acceptors (Lipinski definition) is 6. The van der Waals surface area contributed by atoms with Gasteiger partial charge in [0.05, 0.1) is 4.92 Å². The van der Waals surface area contributed by atoms with Crippen LogP contribution in [0, 0.1) is 24.0 Å². The van der Waals surface area contributed by atoms with Crippen molar-refractivity contribution >= 4 is 23.0 Å². The summed E-state index contributed by atoms with van der Waals surface area (Å²) in [6.07, 6.45) is 1.28. The smallest absolute Gasteiger partial charge is 0.353 e. The zero-order valence-electron chi connectivity index (χ0n) is 11.5. The molecule has 2 rings (SSSR count). The monoisotopic (exact) mass is 273 g/mol. The standard InChI is InChI=1S/C13H15N5O2/c1-8-5-4-6-10(9(8)2)17-13-11(18(19)20)12(14-3)15-7-16-13/h4-7H,1-3H3,(H2,14,15,16,17). The fourth-order valence-corrected chi connectivity index (χ4v) is 1.84. The van der Waals surface area contributed by atoms with Crippen LogP contribution in [-0.2, 0) is 0 Å². The van der Waals surface area contributed by atoms with Crippen LogP contribution in [0.1, 0.15) is 11.1 Å². The van der Waals surface area contributed by atoms with Gasteiger partial charge in [-0.25, -0.2) is 9.97 Å². The summed E-state index contributed by atoms with van der Waals surface area (Å²) in [7, 11) is 1.58. The van der Waals surface area contributed by atoms with Crippen LogP contribution in [0.15, 0.2) is 24.5 Å². The molecule has 1 aromatic heterocycles. The van der Waals surface area contributed by atoms with Crippen molar-refractivity contribution in [3.05, 3.63) is 45.8 Å². The van der Waals surface area contributed by atoms with Crippen molar-refractivity contribution in [2.75, 3.05) is 17.7 Å². The van der Waals surface area contributed by atoms with Crippen molar-refractivity contribution in [1.82, 2.24) is 9.97 Å². The van der Waals surface area contributed by atoms with Crippen LogP contribution in [0.25, 0.3) is 0 Å². The number of nitrogens with zero attached hydrogens (tertiary/aromatic N) is 3. The zero-order valence-corrected chi connectivity index (χ0v) is 11.5. The first kappa shape index (κ1) is 13.7. The Labute approximate surface area is 116 Å². The van der Waals surface area contributed by atoms with Crippen molar-refractivity contribution in [1.29, 1.82) is 0 Å². The number of aryl methyl sites for hydroxylation is 1. The SMILES string of the molecule is CNc1ncnc(Nc2cccc(C)c2C)c1[N+](=O)[O-]. The van der Waals surface area contributed by atoms with Gasteiger partial charge >= 0.3 is 5.69 Å². The Hall–Kier alpha value is -2.70. The van der Waals surface area contributed by atoms with Crippen molar-refractivity contribution < 1.29 is 4.92 Å². The molecule has 0 amide bonds. The molecule has 0 unspecified atom stereocenters. The molecule has 7 heteroatoms. The van der Waals surface area contributed by atoms with Gasteiger partial charge in [0.25, 0.3) is 0 Å². The first-order valence-corrected chi connectivity index (χ1v) is 6.05. The molecule has 0 atom stereocenters. The molecule has 2 N–H and O–H groups in total. The van der Waals surface area contributed by atoms with Crippen LogP contribution in [0.2, 0.25) is 0 Å². The van der Waals surface area contributed by atoms with E-state index in [1.165, 1.54) is 6.33 Å². The van der Waals surface area contributed by atoms with Crippen molar-refractivity contribution in [2.45, 2.75) is 13.8 Å². The Balaban J connectivity index is 2.48. The normalized spacial score (nSPS) is 10.2. The van der Waals surface area contributed by atoms with E-state index in [-0.39, 0.29) is 17.3 Å². The molecular weight excluding hydrogens is 258 g/mol. The largest absolute Gasteiger partial charge is 0.367 e. The minimum Gasteiger partial charge on any atom is -0.367 e. The number of aromatic nitrogens is 2. The van der Waals surface area contributed by atoms with E-state index in [9.17, 15) is 10.1 Å². The molecule has 0 aliphatic heterocycles. The molecule has 0 saturated heterocycles. The minimum atomic E-state index is -0.501. The lowest BCUT2D eigenvalue weighted by Gasteiger charge is -2.11. The van der Waals surface area contributed by atoms with Crippen LogP contribution < -0.4 is 10.6 Å². The van der Waals surface area contributed by atoms with Crippen molar-refractivity contribution in [3.8, 4) is 0 Å². The summed E-state index contributed by atoms with van der Waals surface area (Å²) < 4.78 is 0. The summed E-state index contributed by atoms with van der Waals surface area (Å²) in [5, 5.41) is 16.9. The summed E-state index contributed by atoms with van der Waals surface area (Å²) in [6, 6.07) is 5.72. The molecule has 0 bridgehead atoms. The number of hydrogen-bond donors (Lipinski definition) is 2. The highest BCUT2D eigenvalue weighted by Gasteiger charge is 2.22. The van der Waals surface area contributed by atoms with Gasteiger partial charge in [-0.2, -0.15) is 0 Å². The number of rotatable bonds is 4. The maximum Gasteiger partial charge on any atom is 0.353 e. The fourth-order valence-electron chi connectivity index (χ4n) is 1.84. The van der Waals surface area contributed by atoms with Gasteiger partial charge in [-0.3, -0.25) is 10.1 Å². The van der Waals surface area contributed by atoms with E-state index in [1.807, 2.05) is 32.0 Å². The second-order valence-electron chi connectivity index (χ2n) is 4.30. The van der Waals surface area contributed by atoms with Crippen LogP contribution in [0.5, 0.6) is 0 Å². The lowest BCUT2D eigenvalue weighted by Crippen LogP contribution is -2.06. The van der Waals surface area contributed by atoms with E-state index in [0.717, 1.165) is 16.8 Å². The number of nitrogens with one attached hydrogen (secondary N) is 2. The number of benzene rings is 1. The average Bonchev–Trinajstić information content (AvgIpc) is 2.43. The first-order chi connectivity index (χ1) is 9.54. The average molecular weight is 273 g/mol. The van der Waals surface area contributed by atoms with Gasteiger partial charge in [0.1, 0.15) is 6.33 Å². The predicted octanol–water partition coefficient (Wildman–Crippen LogP) is 2.79. The molecule has 0 aliphatic carbocycles. The maximum atomic E-state index is 11.2. The van der Waals surface area contributed by atoms with E-state index < -0.39 is 4.92 Å². The van der Waals surface area contributed by atoms with Crippen molar-refractivity contribution in [3.63, 3.8) is 0 Å². The summed E-state index contributed by atoms with van der Waals surface area (Å²) in [6.45, 7) is 3.93. The van der Waals surface area contributed by atoms with Gasteiger partial charge in [0.15, 0.2) is 0 Å². The Bertz CT molecular complexity index is 657. The minimum absolute atomic E-state index is 0.169. The van der Waals surface area contributed by atoms with Crippen LogP contribution in [0.4, 0.5) is 23.0 Å². The highest BCUT2D eigenvalue weighted by molar-refractivity contribution is 5.74. The van der Waals surface area contributed by atoms with E-state index in [4.69, 9.17) is 0 Å². The van der Waals surface area contributed by atoms with Gasteiger partial charge in [-0.15, -0.1) is 0 Å². The van der Waals surface area contributed by atoms with Gasteiger partial charge in [0.2, 0.25) is 11.6 Å². The lowest BCUT2D eigenvalue weighted by atomic mass is 10.1. The molecule has 0 fully saturated rings. The number of anilines is 3. The van der Waals surface area contributed by atoms with Gasteiger partial charge < -0.3 is 10.6 Å². The molecule has 0 spiro atoms. The third-order valence-electron chi connectivity index (χ3n) is 3.10. The van der Waals surface area contributed by atoms with E-state index in [2.05, 4.69) is 20.6 Å². The van der Waals surface area contributed by atoms with Crippen LogP contribution in [-0.4, -0.2) is 21.9 Å². The highest BCUT2D eigenvalue weighted by atomic mass is 16.6. The predicted molar refractivity (Wildman–Crippen MR) is 77.4 cm³/mol. The van der Waals surface area contributed by atoms with Crippen LogP contribution in [0.3, 0.4) is 0 Å². The summed E-state index contributed by atoms with van der Waals surface area (Å²) in [5.74, 6) is 0.348. The summed E-state index contributed by atoms with van der Waals surface area (Å²) >= 11 is 0. The molecule has 2 aromatic rings. The maximum absolute atomic E-state index is 11.2. The highest BCUT2D eigenvalue weighted by Crippen LogP contribution is 2.32. The Morgan fingerprint density at radius 1 is 1.20 bits per heavy atom. The lowest BCUT2D eigenvalue weighted by molar-refractivity contribution is -0.383. The summed E-state index contributed by atoms with van der Waals surface area (Å²) in [5.41, 5.74) is 2.73. The van der Waals surface area contributed by atoms with Gasteiger partial charge in [0, 0.05) is 12.7 Å². The van der Waals surface area contributed by atoms with Gasteiger partial charge in [-0.1, -0.05) is 12.1 Å². The van der Waals surface area contributed by atoms with Crippen LogP contribution >= 0.6 is 0 Å². The van der Waals surface area contributed by atoms with E-state index in [1.54, 1.807) is 7.05 Å². The second kappa shape index (κ2) is 5.52. The molecule has 7 nitrogen and oxygen atoms in total. The number of nitro groups is 1. The fraction of sp³-hybridized carbons (Fsp3) is 0.231. The molecule has 0 saturated carbocycles. The van der Waals surface area contributed by atoms with E-state index in [0.29, 0.717) is 0 Å². The topological polar surface area (TPSA) is 93.0 Å². The van der Waals surface area contributed by atoms with E-state index >= 15 is 0 Å². The Morgan fingerprint density at radius 3 is 2.55 bits per heavy atom. The quantitative estimate of drug-likeness (QED) is 0.657. The molecule has 1 heterocycles. The molecular formula is C13H15N5O2. The van der Waals surface area contributed by atoms with Gasteiger partial charge in [-0.05, 0) is 31.0 Å².